The molecule has 0 aromatic heterocycles. The van der Waals surface area contributed by atoms with Crippen molar-refractivity contribution in [1.29, 1.82) is 0 Å². The number of hydrogen-bond donors (Lipinski definition) is 1. The van der Waals surface area contributed by atoms with Crippen molar-refractivity contribution in [2.45, 2.75) is 13.5 Å². The predicted octanol–water partition coefficient (Wildman–Crippen LogP) is 1.60. The highest BCUT2D eigenvalue weighted by Crippen LogP contribution is 2.16. The monoisotopic (exact) mass is 281 g/mol. The molecule has 1 aliphatic rings. The van der Waals surface area contributed by atoms with Gasteiger partial charge in [-0.15, -0.1) is 0 Å². The van der Waals surface area contributed by atoms with Gasteiger partial charge in [0.2, 0.25) is 0 Å². The maximum Gasteiger partial charge on any atom is 0.137 e. The van der Waals surface area contributed by atoms with E-state index < -0.39 is 0 Å². The summed E-state index contributed by atoms with van der Waals surface area (Å²) in [4.78, 5) is 4.79. The molecule has 1 heterocycles. The Hall–Kier alpha value is -1.04. The topological polar surface area (TPSA) is 32.5 Å². The third-order valence-corrected chi connectivity index (χ3v) is 3.87. The van der Waals surface area contributed by atoms with Gasteiger partial charge in [0.25, 0.3) is 0 Å². The van der Waals surface area contributed by atoms with Gasteiger partial charge in [0.05, 0.1) is 0 Å². The molecule has 2 rings (SSSR count). The van der Waals surface area contributed by atoms with Crippen molar-refractivity contribution in [2.75, 3.05) is 32.7 Å². The third-order valence-electron chi connectivity index (χ3n) is 3.65. The predicted molar refractivity (Wildman–Crippen MR) is 79.7 cm³/mol. The Morgan fingerprint density at radius 1 is 1.26 bits per heavy atom. The Morgan fingerprint density at radius 2 is 1.89 bits per heavy atom. The summed E-state index contributed by atoms with van der Waals surface area (Å²) in [6, 6.07) is 5.26. The molecule has 0 bridgehead atoms. The van der Waals surface area contributed by atoms with Gasteiger partial charge < -0.3 is 10.6 Å². The van der Waals surface area contributed by atoms with Crippen LogP contribution in [0.25, 0.3) is 0 Å². The molecule has 1 aromatic rings. The molecular weight excluding hydrogens is 261 g/mol. The van der Waals surface area contributed by atoms with Gasteiger partial charge >= 0.3 is 0 Å². The van der Waals surface area contributed by atoms with E-state index in [0.717, 1.165) is 32.7 Å². The molecule has 0 amide bonds. The molecule has 0 saturated carbocycles. The zero-order valence-corrected chi connectivity index (χ0v) is 12.0. The van der Waals surface area contributed by atoms with Crippen LogP contribution in [-0.4, -0.2) is 47.5 Å². The summed E-state index contributed by atoms with van der Waals surface area (Å²) in [5.41, 5.74) is 6.55. The highest BCUT2D eigenvalue weighted by molar-refractivity contribution is 7.80. The van der Waals surface area contributed by atoms with Crippen LogP contribution in [0.5, 0.6) is 0 Å². The summed E-state index contributed by atoms with van der Waals surface area (Å²) in [6.45, 7) is 7.93. The maximum atomic E-state index is 14.2. The second-order valence-corrected chi connectivity index (χ2v) is 5.29. The molecule has 3 nitrogen and oxygen atoms in total. The van der Waals surface area contributed by atoms with Gasteiger partial charge in [-0.2, -0.15) is 0 Å². The first-order valence-electron chi connectivity index (χ1n) is 6.63. The minimum atomic E-state index is -0.270. The number of nitrogens with zero attached hydrogens (tertiary/aromatic N) is 2. The fourth-order valence-corrected chi connectivity index (χ4v) is 2.55. The Kier molecular flexibility index (Phi) is 4.85. The largest absolute Gasteiger partial charge is 0.389 e. The van der Waals surface area contributed by atoms with Crippen LogP contribution in [0.15, 0.2) is 18.2 Å². The summed E-state index contributed by atoms with van der Waals surface area (Å²) < 4.78 is 14.2. The van der Waals surface area contributed by atoms with Crippen molar-refractivity contribution >= 4 is 17.2 Å². The fraction of sp³-hybridized carbons (Fsp3) is 0.500. The van der Waals surface area contributed by atoms with Crippen LogP contribution in [0.1, 0.15) is 18.1 Å². The van der Waals surface area contributed by atoms with Gasteiger partial charge in [-0.3, -0.25) is 4.90 Å². The molecule has 0 atom stereocenters. The van der Waals surface area contributed by atoms with E-state index in [9.17, 15) is 4.39 Å². The summed E-state index contributed by atoms with van der Waals surface area (Å²) in [6.07, 6.45) is 0. The van der Waals surface area contributed by atoms with Gasteiger partial charge in [0.15, 0.2) is 0 Å². The van der Waals surface area contributed by atoms with Crippen LogP contribution >= 0.6 is 12.2 Å². The minimum absolute atomic E-state index is 0.121. The molecule has 5 heteroatoms. The molecule has 1 aromatic carbocycles. The highest BCUT2D eigenvalue weighted by atomic mass is 32.1. The molecule has 1 aliphatic heterocycles. The number of benzene rings is 1. The zero-order chi connectivity index (χ0) is 13.8. The summed E-state index contributed by atoms with van der Waals surface area (Å²) >= 11 is 4.86. The van der Waals surface area contributed by atoms with Crippen molar-refractivity contribution in [1.82, 2.24) is 9.80 Å². The van der Waals surface area contributed by atoms with Crippen molar-refractivity contribution in [3.63, 3.8) is 0 Å². The summed E-state index contributed by atoms with van der Waals surface area (Å²) in [5.74, 6) is -0.270. The summed E-state index contributed by atoms with van der Waals surface area (Å²) in [5, 5.41) is 0. The Bertz CT molecular complexity index is 456. The lowest BCUT2D eigenvalue weighted by molar-refractivity contribution is 0.131. The van der Waals surface area contributed by atoms with E-state index in [2.05, 4.69) is 16.7 Å². The van der Waals surface area contributed by atoms with Crippen LogP contribution in [0.4, 0.5) is 4.39 Å². The molecule has 19 heavy (non-hydrogen) atoms. The Balaban J connectivity index is 2.04. The number of piperazine rings is 1. The first-order valence-corrected chi connectivity index (χ1v) is 7.04. The van der Waals surface area contributed by atoms with Crippen LogP contribution in [-0.2, 0) is 6.54 Å². The zero-order valence-electron chi connectivity index (χ0n) is 11.2. The van der Waals surface area contributed by atoms with Crippen molar-refractivity contribution in [3.05, 3.63) is 35.1 Å². The van der Waals surface area contributed by atoms with E-state index in [1.165, 1.54) is 0 Å². The van der Waals surface area contributed by atoms with Crippen molar-refractivity contribution in [3.8, 4) is 0 Å². The van der Waals surface area contributed by atoms with E-state index in [4.69, 9.17) is 18.0 Å². The highest BCUT2D eigenvalue weighted by Gasteiger charge is 2.18. The lowest BCUT2D eigenvalue weighted by Crippen LogP contribution is -2.45. The van der Waals surface area contributed by atoms with Gasteiger partial charge in [0.1, 0.15) is 10.8 Å². The van der Waals surface area contributed by atoms with Gasteiger partial charge in [0, 0.05) is 43.9 Å². The molecule has 1 saturated heterocycles. The molecule has 0 spiro atoms. The third kappa shape index (κ3) is 3.49. The second kappa shape index (κ2) is 6.41. The van der Waals surface area contributed by atoms with Crippen LogP contribution in [0.3, 0.4) is 0 Å². The van der Waals surface area contributed by atoms with E-state index >= 15 is 0 Å². The normalized spacial score (nSPS) is 17.6. The molecule has 104 valence electrons. The van der Waals surface area contributed by atoms with E-state index in [1.807, 2.05) is 12.1 Å². The average Bonchev–Trinajstić information content (AvgIpc) is 2.41. The lowest BCUT2D eigenvalue weighted by Gasteiger charge is -2.34. The van der Waals surface area contributed by atoms with Gasteiger partial charge in [-0.1, -0.05) is 31.3 Å². The van der Waals surface area contributed by atoms with Crippen molar-refractivity contribution < 1.29 is 4.39 Å². The maximum absolute atomic E-state index is 14.2. The summed E-state index contributed by atoms with van der Waals surface area (Å²) in [7, 11) is 0. The van der Waals surface area contributed by atoms with Crippen LogP contribution < -0.4 is 5.73 Å². The standard InChI is InChI=1S/C14H20FN3S/c1-2-17-6-8-18(9-7-17)10-11-4-3-5-12(13(11)15)14(16)19/h3-5H,2,6-10H2,1H3,(H2,16,19). The quantitative estimate of drug-likeness (QED) is 0.850. The average molecular weight is 281 g/mol. The van der Waals surface area contributed by atoms with E-state index in [0.29, 0.717) is 17.7 Å². The minimum Gasteiger partial charge on any atom is -0.389 e. The molecule has 1 fully saturated rings. The lowest BCUT2D eigenvalue weighted by atomic mass is 10.1. The number of hydrogen-bond acceptors (Lipinski definition) is 3. The van der Waals surface area contributed by atoms with E-state index in [-0.39, 0.29) is 10.8 Å². The number of nitrogens with two attached hydrogens (primary N) is 1. The molecular formula is C14H20FN3S. The first-order chi connectivity index (χ1) is 9.11. The van der Waals surface area contributed by atoms with E-state index in [1.54, 1.807) is 6.07 Å². The van der Waals surface area contributed by atoms with Crippen LogP contribution in [0, 0.1) is 5.82 Å². The molecule has 0 unspecified atom stereocenters. The molecule has 0 radical (unpaired) electrons. The van der Waals surface area contributed by atoms with Crippen LogP contribution in [0.2, 0.25) is 0 Å². The number of rotatable bonds is 4. The SMILES string of the molecule is CCN1CCN(Cc2cccc(C(N)=S)c2F)CC1. The Morgan fingerprint density at radius 3 is 2.47 bits per heavy atom. The molecule has 0 aliphatic carbocycles. The van der Waals surface area contributed by atoms with Gasteiger partial charge in [-0.25, -0.2) is 4.39 Å². The smallest absolute Gasteiger partial charge is 0.137 e. The number of halogens is 1. The molecule has 2 N–H and O–H groups in total. The van der Waals surface area contributed by atoms with Gasteiger partial charge in [-0.05, 0) is 12.6 Å². The Labute approximate surface area is 119 Å². The first kappa shape index (κ1) is 14.4. The number of thiocarbonyl (C=S) groups is 1. The second-order valence-electron chi connectivity index (χ2n) is 4.85. The van der Waals surface area contributed by atoms with Crippen molar-refractivity contribution in [2.24, 2.45) is 5.73 Å². The number of likely N-dealkylation sites (N-methyl/N-ethyl adjacent to an activating group) is 1. The fourth-order valence-electron chi connectivity index (χ4n) is 2.40.